The van der Waals surface area contributed by atoms with E-state index < -0.39 is 6.10 Å². The highest BCUT2D eigenvalue weighted by molar-refractivity contribution is 7.19. The molecule has 0 aliphatic carbocycles. The van der Waals surface area contributed by atoms with Crippen LogP contribution in [0.4, 0.5) is 4.79 Å². The standard InChI is InChI=1S/C17H20N4O2S/c22-14(16-11-13-5-1-2-6-15(13)24-16)12-19-17(23)18-7-3-9-21-10-4-8-20-21/h1-2,4-6,8,10-11,14,22H,3,7,9,12H2,(H2,18,19,23). The van der Waals surface area contributed by atoms with Crippen molar-refractivity contribution >= 4 is 27.5 Å². The number of thiophene rings is 1. The second-order valence-electron chi connectivity index (χ2n) is 5.46. The van der Waals surface area contributed by atoms with Gasteiger partial charge in [-0.05, 0) is 30.0 Å². The van der Waals surface area contributed by atoms with Crippen LogP contribution in [0.5, 0.6) is 0 Å². The quantitative estimate of drug-likeness (QED) is 0.576. The highest BCUT2D eigenvalue weighted by Gasteiger charge is 2.12. The van der Waals surface area contributed by atoms with Crippen molar-refractivity contribution in [3.8, 4) is 0 Å². The molecule has 0 spiro atoms. The van der Waals surface area contributed by atoms with Crippen molar-refractivity contribution in [2.24, 2.45) is 0 Å². The summed E-state index contributed by atoms with van der Waals surface area (Å²) in [5, 5.41) is 20.9. The van der Waals surface area contributed by atoms with E-state index in [1.54, 1.807) is 17.5 Å². The number of urea groups is 1. The zero-order chi connectivity index (χ0) is 16.8. The number of aliphatic hydroxyl groups excluding tert-OH is 1. The molecule has 3 aromatic rings. The Labute approximate surface area is 144 Å². The molecule has 0 radical (unpaired) electrons. The maximum Gasteiger partial charge on any atom is 0.314 e. The van der Waals surface area contributed by atoms with Crippen LogP contribution in [0.3, 0.4) is 0 Å². The van der Waals surface area contributed by atoms with E-state index in [2.05, 4.69) is 15.7 Å². The number of carbonyl (C=O) groups excluding carboxylic acids is 1. The van der Waals surface area contributed by atoms with E-state index in [1.807, 2.05) is 47.3 Å². The molecule has 0 saturated heterocycles. The topological polar surface area (TPSA) is 79.2 Å². The third-order valence-electron chi connectivity index (χ3n) is 3.64. The first-order valence-electron chi connectivity index (χ1n) is 7.88. The lowest BCUT2D eigenvalue weighted by atomic mass is 10.2. The average molecular weight is 344 g/mol. The number of amides is 2. The predicted octanol–water partition coefficient (Wildman–Crippen LogP) is 2.52. The van der Waals surface area contributed by atoms with Gasteiger partial charge in [-0.1, -0.05) is 18.2 Å². The van der Waals surface area contributed by atoms with Crippen LogP contribution in [0.1, 0.15) is 17.4 Å². The molecular weight excluding hydrogens is 324 g/mol. The molecule has 1 atom stereocenters. The van der Waals surface area contributed by atoms with Gasteiger partial charge in [0.05, 0.1) is 6.54 Å². The van der Waals surface area contributed by atoms with Crippen molar-refractivity contribution in [1.82, 2.24) is 20.4 Å². The monoisotopic (exact) mass is 344 g/mol. The van der Waals surface area contributed by atoms with Gasteiger partial charge in [-0.2, -0.15) is 5.10 Å². The van der Waals surface area contributed by atoms with Gasteiger partial charge in [0.25, 0.3) is 0 Å². The molecule has 126 valence electrons. The van der Waals surface area contributed by atoms with Gasteiger partial charge in [0.1, 0.15) is 6.10 Å². The average Bonchev–Trinajstić information content (AvgIpc) is 3.25. The molecule has 2 heterocycles. The molecule has 24 heavy (non-hydrogen) atoms. The van der Waals surface area contributed by atoms with E-state index in [9.17, 15) is 9.90 Å². The van der Waals surface area contributed by atoms with Crippen molar-refractivity contribution in [2.45, 2.75) is 19.1 Å². The van der Waals surface area contributed by atoms with Crippen LogP contribution in [0.2, 0.25) is 0 Å². The molecule has 1 unspecified atom stereocenters. The highest BCUT2D eigenvalue weighted by Crippen LogP contribution is 2.29. The lowest BCUT2D eigenvalue weighted by Crippen LogP contribution is -2.38. The van der Waals surface area contributed by atoms with Gasteiger partial charge in [0, 0.05) is 35.1 Å². The number of rotatable bonds is 7. The van der Waals surface area contributed by atoms with Crippen LogP contribution < -0.4 is 10.6 Å². The molecule has 7 heteroatoms. The Balaban J connectivity index is 1.38. The zero-order valence-corrected chi connectivity index (χ0v) is 14.0. The number of fused-ring (bicyclic) bond motifs is 1. The Kier molecular flexibility index (Phi) is 5.45. The Morgan fingerprint density at radius 1 is 1.29 bits per heavy atom. The van der Waals surface area contributed by atoms with Gasteiger partial charge in [-0.3, -0.25) is 4.68 Å². The van der Waals surface area contributed by atoms with Gasteiger partial charge in [0.15, 0.2) is 0 Å². The number of nitrogens with one attached hydrogen (secondary N) is 2. The van der Waals surface area contributed by atoms with E-state index in [4.69, 9.17) is 0 Å². The maximum absolute atomic E-state index is 11.8. The molecule has 1 aromatic carbocycles. The summed E-state index contributed by atoms with van der Waals surface area (Å²) in [5.74, 6) is 0. The maximum atomic E-state index is 11.8. The van der Waals surface area contributed by atoms with Gasteiger partial charge < -0.3 is 15.7 Å². The van der Waals surface area contributed by atoms with Crippen molar-refractivity contribution in [2.75, 3.05) is 13.1 Å². The summed E-state index contributed by atoms with van der Waals surface area (Å²) in [7, 11) is 0. The summed E-state index contributed by atoms with van der Waals surface area (Å²) >= 11 is 1.55. The summed E-state index contributed by atoms with van der Waals surface area (Å²) in [5.41, 5.74) is 0. The first-order chi connectivity index (χ1) is 11.7. The lowest BCUT2D eigenvalue weighted by molar-refractivity contribution is 0.176. The highest BCUT2D eigenvalue weighted by atomic mass is 32.1. The van der Waals surface area contributed by atoms with Crippen molar-refractivity contribution in [3.63, 3.8) is 0 Å². The van der Waals surface area contributed by atoms with Gasteiger partial charge in [-0.15, -0.1) is 11.3 Å². The second-order valence-corrected chi connectivity index (χ2v) is 6.58. The smallest absolute Gasteiger partial charge is 0.314 e. The van der Waals surface area contributed by atoms with E-state index in [-0.39, 0.29) is 12.6 Å². The van der Waals surface area contributed by atoms with Gasteiger partial charge >= 0.3 is 6.03 Å². The van der Waals surface area contributed by atoms with E-state index in [0.29, 0.717) is 6.54 Å². The summed E-state index contributed by atoms with van der Waals surface area (Å²) in [6.07, 6.45) is 3.72. The number of hydrogen-bond donors (Lipinski definition) is 3. The number of benzene rings is 1. The largest absolute Gasteiger partial charge is 0.386 e. The number of aliphatic hydroxyl groups is 1. The van der Waals surface area contributed by atoms with E-state index >= 15 is 0 Å². The molecule has 2 amide bonds. The molecule has 0 saturated carbocycles. The molecular formula is C17H20N4O2S. The summed E-state index contributed by atoms with van der Waals surface area (Å²) < 4.78 is 2.96. The zero-order valence-electron chi connectivity index (χ0n) is 13.2. The lowest BCUT2D eigenvalue weighted by Gasteiger charge is -2.11. The van der Waals surface area contributed by atoms with Gasteiger partial charge in [0.2, 0.25) is 0 Å². The molecule has 2 aromatic heterocycles. The van der Waals surface area contributed by atoms with E-state index in [0.717, 1.165) is 27.9 Å². The Morgan fingerprint density at radius 3 is 2.96 bits per heavy atom. The number of carbonyl (C=O) groups is 1. The van der Waals surface area contributed by atoms with E-state index in [1.165, 1.54) is 0 Å². The fourth-order valence-corrected chi connectivity index (χ4v) is 3.45. The summed E-state index contributed by atoms with van der Waals surface area (Å²) in [4.78, 5) is 12.6. The first kappa shape index (κ1) is 16.5. The number of hydrogen-bond acceptors (Lipinski definition) is 4. The normalized spacial score (nSPS) is 12.2. The molecule has 3 N–H and O–H groups in total. The van der Waals surface area contributed by atoms with Crippen LogP contribution >= 0.6 is 11.3 Å². The van der Waals surface area contributed by atoms with Crippen molar-refractivity contribution in [1.29, 1.82) is 0 Å². The second kappa shape index (κ2) is 7.94. The third-order valence-corrected chi connectivity index (χ3v) is 4.86. The van der Waals surface area contributed by atoms with Crippen LogP contribution in [0.25, 0.3) is 10.1 Å². The summed E-state index contributed by atoms with van der Waals surface area (Å²) in [6.45, 7) is 1.51. The fourth-order valence-electron chi connectivity index (χ4n) is 2.39. The van der Waals surface area contributed by atoms with Gasteiger partial charge in [-0.25, -0.2) is 4.79 Å². The molecule has 6 nitrogen and oxygen atoms in total. The molecule has 0 aliphatic rings. The summed E-state index contributed by atoms with van der Waals surface area (Å²) in [6, 6.07) is 11.6. The SMILES string of the molecule is O=C(NCCCn1cccn1)NCC(O)c1cc2ccccc2s1. The minimum Gasteiger partial charge on any atom is -0.386 e. The number of nitrogens with zero attached hydrogens (tertiary/aromatic N) is 2. The first-order valence-corrected chi connectivity index (χ1v) is 8.70. The Hall–Kier alpha value is -2.38. The van der Waals surface area contributed by atoms with Crippen LogP contribution in [0.15, 0.2) is 48.8 Å². The van der Waals surface area contributed by atoms with Crippen LogP contribution in [-0.4, -0.2) is 34.0 Å². The molecule has 0 aliphatic heterocycles. The molecule has 0 fully saturated rings. The fraction of sp³-hybridized carbons (Fsp3) is 0.294. The Bertz CT molecular complexity index is 752. The number of aromatic nitrogens is 2. The number of aryl methyl sites for hydroxylation is 1. The van der Waals surface area contributed by atoms with Crippen LogP contribution in [0, 0.1) is 0 Å². The Morgan fingerprint density at radius 2 is 2.17 bits per heavy atom. The van der Waals surface area contributed by atoms with Crippen LogP contribution in [-0.2, 0) is 6.54 Å². The predicted molar refractivity (Wildman–Crippen MR) is 95.0 cm³/mol. The minimum absolute atomic E-state index is 0.192. The minimum atomic E-state index is -0.697. The third kappa shape index (κ3) is 4.33. The molecule has 3 rings (SSSR count). The van der Waals surface area contributed by atoms with Crippen molar-refractivity contribution in [3.05, 3.63) is 53.7 Å². The molecule has 0 bridgehead atoms. The van der Waals surface area contributed by atoms with Crippen molar-refractivity contribution < 1.29 is 9.90 Å².